The fraction of sp³-hybridized carbons (Fsp3) is 0.128. The second kappa shape index (κ2) is 13.1. The van der Waals surface area contributed by atoms with Gasteiger partial charge in [-0.3, -0.25) is 0 Å². The number of rotatable bonds is 4. The molecule has 8 rings (SSSR count). The molecular formula is C39H31IrN4O. The first-order valence-corrected chi connectivity index (χ1v) is 14.4. The Labute approximate surface area is 282 Å². The maximum atomic E-state index is 8.85. The van der Waals surface area contributed by atoms with Crippen molar-refractivity contribution in [3.63, 3.8) is 0 Å². The average molecular weight is 768 g/mol. The Bertz CT molecular complexity index is 2180. The van der Waals surface area contributed by atoms with Gasteiger partial charge in [0, 0.05) is 39.7 Å². The second-order valence-corrected chi connectivity index (χ2v) is 10.5. The molecule has 0 aliphatic carbocycles. The Morgan fingerprint density at radius 2 is 1.67 bits per heavy atom. The minimum absolute atomic E-state index is 0. The summed E-state index contributed by atoms with van der Waals surface area (Å²) < 4.78 is 39.3. The van der Waals surface area contributed by atoms with Crippen molar-refractivity contribution in [1.82, 2.24) is 9.97 Å². The van der Waals surface area contributed by atoms with Crippen molar-refractivity contribution in [3.8, 4) is 11.3 Å². The van der Waals surface area contributed by atoms with Crippen LogP contribution in [0.3, 0.4) is 0 Å². The summed E-state index contributed by atoms with van der Waals surface area (Å²) in [7, 11) is 0. The molecule has 6 heteroatoms. The van der Waals surface area contributed by atoms with Crippen molar-refractivity contribution >= 4 is 39.1 Å². The Morgan fingerprint density at radius 3 is 2.47 bits per heavy atom. The normalized spacial score (nSPS) is 16.5. The minimum atomic E-state index is -2.52. The van der Waals surface area contributed by atoms with E-state index in [0.29, 0.717) is 22.5 Å². The summed E-state index contributed by atoms with van der Waals surface area (Å²) in [6.45, 7) is 0.834. The van der Waals surface area contributed by atoms with Gasteiger partial charge in [-0.1, -0.05) is 67.7 Å². The third-order valence-corrected chi connectivity index (χ3v) is 7.59. The summed E-state index contributed by atoms with van der Waals surface area (Å²) in [5.74, 6) is -1.83. The van der Waals surface area contributed by atoms with Gasteiger partial charge in [-0.15, -0.1) is 47.1 Å². The smallest absolute Gasteiger partial charge is 0.661 e. The quantitative estimate of drug-likeness (QED) is 0.167. The van der Waals surface area contributed by atoms with Crippen LogP contribution in [0.15, 0.2) is 126 Å². The van der Waals surface area contributed by atoms with Gasteiger partial charge in [0.1, 0.15) is 0 Å². The van der Waals surface area contributed by atoms with Gasteiger partial charge in [-0.2, -0.15) is 18.2 Å². The number of para-hydroxylation sites is 3. The second-order valence-electron chi connectivity index (χ2n) is 10.5. The zero-order valence-electron chi connectivity index (χ0n) is 28.7. The molecule has 0 fully saturated rings. The van der Waals surface area contributed by atoms with Crippen LogP contribution in [-0.4, -0.2) is 9.97 Å². The van der Waals surface area contributed by atoms with Crippen molar-refractivity contribution in [2.24, 2.45) is 0 Å². The van der Waals surface area contributed by atoms with Crippen molar-refractivity contribution in [2.45, 2.75) is 32.8 Å². The number of nitrogens with zero attached hydrogens (tertiary/aromatic N) is 4. The molecule has 0 N–H and O–H groups in total. The van der Waals surface area contributed by atoms with E-state index in [1.165, 1.54) is 6.92 Å². The van der Waals surface area contributed by atoms with Crippen molar-refractivity contribution < 1.29 is 30.0 Å². The molecule has 5 nitrogen and oxygen atoms in total. The monoisotopic (exact) mass is 768 g/mol. The van der Waals surface area contributed by atoms with E-state index in [9.17, 15) is 0 Å². The number of aromatic nitrogens is 2. The van der Waals surface area contributed by atoms with Gasteiger partial charge in [-0.05, 0) is 60.6 Å². The molecule has 0 bridgehead atoms. The van der Waals surface area contributed by atoms with Crippen LogP contribution >= 0.6 is 0 Å². The van der Waals surface area contributed by atoms with E-state index in [1.807, 2.05) is 115 Å². The molecule has 0 spiro atoms. The van der Waals surface area contributed by atoms with Crippen LogP contribution in [0, 0.1) is 19.1 Å². The summed E-state index contributed by atoms with van der Waals surface area (Å²) in [5, 5.41) is 6.84. The van der Waals surface area contributed by atoms with Gasteiger partial charge < -0.3 is 19.6 Å². The van der Waals surface area contributed by atoms with Gasteiger partial charge >= 0.3 is 20.1 Å². The third-order valence-electron chi connectivity index (χ3n) is 7.59. The number of aryl methyl sites for hydroxylation is 1. The number of furan rings is 1. The third kappa shape index (κ3) is 5.87. The van der Waals surface area contributed by atoms with E-state index in [1.54, 1.807) is 18.3 Å². The number of hydrogen-bond acceptors (Lipinski definition) is 4. The average Bonchev–Trinajstić information content (AvgIpc) is 3.67. The summed E-state index contributed by atoms with van der Waals surface area (Å²) in [6, 6.07) is 42.8. The summed E-state index contributed by atoms with van der Waals surface area (Å²) in [6.07, 6.45) is 1.22. The molecule has 45 heavy (non-hydrogen) atoms. The SMILES string of the molecule is [2H]C([2H])([2H])C([2H])(C)c1ccccc1N1c2ccccc2[N-]C1c1[c-]ccc2c1oc1nc(C)ccc12.[Ir+3].[c-]1ccccc1-c1ccccn1. The van der Waals surface area contributed by atoms with Crippen molar-refractivity contribution in [2.75, 3.05) is 4.90 Å². The molecule has 1 aliphatic rings. The van der Waals surface area contributed by atoms with Crippen LogP contribution in [0.5, 0.6) is 0 Å². The van der Waals surface area contributed by atoms with Crippen LogP contribution in [0.4, 0.5) is 17.1 Å². The molecular weight excluding hydrogens is 733 g/mol. The molecule has 0 saturated carbocycles. The number of benzene rings is 4. The minimum Gasteiger partial charge on any atom is -0.661 e. The maximum absolute atomic E-state index is 8.85. The number of hydrogen-bond donors (Lipinski definition) is 0. The van der Waals surface area contributed by atoms with Crippen LogP contribution < -0.4 is 4.90 Å². The van der Waals surface area contributed by atoms with E-state index in [4.69, 9.17) is 15.2 Å². The predicted molar refractivity (Wildman–Crippen MR) is 178 cm³/mol. The topological polar surface area (TPSA) is 56.3 Å². The maximum Gasteiger partial charge on any atom is 3.00 e. The predicted octanol–water partition coefficient (Wildman–Crippen LogP) is 10.6. The first kappa shape index (κ1) is 25.5. The first-order chi connectivity index (χ1) is 23.1. The Balaban J connectivity index is 0.000000270. The summed E-state index contributed by atoms with van der Waals surface area (Å²) in [4.78, 5) is 10.8. The Morgan fingerprint density at radius 1 is 0.867 bits per heavy atom. The van der Waals surface area contributed by atoms with E-state index in [0.717, 1.165) is 44.7 Å². The Kier molecular flexibility index (Phi) is 7.42. The molecule has 0 amide bonds. The molecule has 2 unspecified atom stereocenters. The standard InChI is InChI=1S/C28H23N3O.C11H8N.Ir/c1-17(2)19-9-4-6-13-24(19)31-25-14-7-5-12-23(25)30-27(31)22-11-8-10-20-21-16-15-18(3)29-28(21)32-26(20)22;1-2-6-10(7-3-1)11-8-4-5-9-12-11;/h4-10,12-17,27H,1-3H3;1-6,8-9H;/q-2;-1;+3/i1D3,17D;;. The first-order valence-electron chi connectivity index (χ1n) is 16.4. The molecule has 1 aliphatic heterocycles. The molecule has 0 saturated heterocycles. The molecule has 0 radical (unpaired) electrons. The molecule has 7 aromatic rings. The van der Waals surface area contributed by atoms with Gasteiger partial charge in [-0.25, -0.2) is 4.98 Å². The van der Waals surface area contributed by atoms with Crippen LogP contribution in [0.25, 0.3) is 38.6 Å². The fourth-order valence-corrected chi connectivity index (χ4v) is 5.56. The van der Waals surface area contributed by atoms with Gasteiger partial charge in [0.2, 0.25) is 5.71 Å². The number of fused-ring (bicyclic) bond motifs is 4. The van der Waals surface area contributed by atoms with Gasteiger partial charge in [0.25, 0.3) is 0 Å². The van der Waals surface area contributed by atoms with Gasteiger partial charge in [0.05, 0.1) is 0 Å². The molecule has 4 aromatic carbocycles. The largest absolute Gasteiger partial charge is 3.00 e. The van der Waals surface area contributed by atoms with Crippen LogP contribution in [0.1, 0.15) is 48.1 Å². The van der Waals surface area contributed by atoms with Crippen molar-refractivity contribution in [1.29, 1.82) is 0 Å². The molecule has 222 valence electrons. The van der Waals surface area contributed by atoms with Gasteiger partial charge in [0.15, 0.2) is 0 Å². The molecule has 2 atom stereocenters. The van der Waals surface area contributed by atoms with E-state index >= 15 is 0 Å². The molecule has 3 aromatic heterocycles. The number of anilines is 2. The zero-order valence-corrected chi connectivity index (χ0v) is 27.0. The summed E-state index contributed by atoms with van der Waals surface area (Å²) in [5.41, 5.74) is 7.39. The van der Waals surface area contributed by atoms with Crippen LogP contribution in [0.2, 0.25) is 0 Å². The van der Waals surface area contributed by atoms with E-state index in [2.05, 4.69) is 22.1 Å². The zero-order chi connectivity index (χ0) is 33.5. The Hall–Kier alpha value is -4.77. The molecule has 4 heterocycles. The fourth-order valence-electron chi connectivity index (χ4n) is 5.56. The number of pyridine rings is 2. The van der Waals surface area contributed by atoms with Crippen molar-refractivity contribution in [3.05, 3.63) is 156 Å². The summed E-state index contributed by atoms with van der Waals surface area (Å²) >= 11 is 0. The van der Waals surface area contributed by atoms with E-state index in [-0.39, 0.29) is 20.1 Å². The van der Waals surface area contributed by atoms with Crippen LogP contribution in [-0.2, 0) is 20.1 Å². The van der Waals surface area contributed by atoms with E-state index < -0.39 is 18.9 Å².